The molecule has 0 amide bonds. The number of phosphoric ester groups is 1. The van der Waals surface area contributed by atoms with E-state index < -0.39 is 65.8 Å². The molecule has 33 heavy (non-hydrogen) atoms. The number of aliphatic hydroxyl groups is 1. The molecule has 0 aliphatic carbocycles. The summed E-state index contributed by atoms with van der Waals surface area (Å²) in [7, 11) is -17.0. The van der Waals surface area contributed by atoms with Gasteiger partial charge in [0.1, 0.15) is 5.82 Å². The fourth-order valence-corrected chi connectivity index (χ4v) is 6.26. The van der Waals surface area contributed by atoms with Gasteiger partial charge in [-0.15, -0.1) is 6.42 Å². The Balaban J connectivity index is 2.32. The molecule has 7 N–H and O–H groups in total. The average Bonchev–Trinajstić information content (AvgIpc) is 2.91. The Hall–Kier alpha value is -1.50. The van der Waals surface area contributed by atoms with Crippen molar-refractivity contribution in [2.45, 2.75) is 31.0 Å². The minimum atomic E-state index is -5.81. The minimum absolute atomic E-state index is 0.198. The molecule has 0 aromatic carbocycles. The lowest BCUT2D eigenvalue weighted by Crippen LogP contribution is -2.43. The predicted molar refractivity (Wildman–Crippen MR) is 104 cm³/mol. The molecule has 1 aliphatic rings. The molecular weight excluding hydrogens is 518 g/mol. The molecule has 1 aromatic rings. The maximum absolute atomic E-state index is 15.7. The van der Waals surface area contributed by atoms with Crippen molar-refractivity contribution in [3.8, 4) is 12.3 Å². The molecular formula is C13H19FN3O13P3. The number of hydrogen-bond acceptors (Lipinski definition) is 11. The average molecular weight is 537 g/mol. The van der Waals surface area contributed by atoms with E-state index in [1.165, 1.54) is 0 Å². The predicted octanol–water partition coefficient (Wildman–Crippen LogP) is -0.595. The number of aromatic nitrogens is 2. The lowest BCUT2D eigenvalue weighted by Gasteiger charge is -2.27. The van der Waals surface area contributed by atoms with E-state index in [0.29, 0.717) is 4.57 Å². The second kappa shape index (κ2) is 9.63. The van der Waals surface area contributed by atoms with Crippen LogP contribution in [0.25, 0.3) is 0 Å². The first-order valence-electron chi connectivity index (χ1n) is 8.54. The van der Waals surface area contributed by atoms with Gasteiger partial charge in [-0.2, -0.15) is 13.6 Å². The van der Waals surface area contributed by atoms with Gasteiger partial charge in [-0.3, -0.25) is 9.09 Å². The molecule has 2 rings (SSSR count). The number of alkyl halides is 1. The Morgan fingerprint density at radius 1 is 1.33 bits per heavy atom. The summed E-state index contributed by atoms with van der Waals surface area (Å²) in [5, 5.41) is 9.69. The third kappa shape index (κ3) is 6.55. The van der Waals surface area contributed by atoms with Crippen molar-refractivity contribution < 1.29 is 60.6 Å². The molecule has 0 radical (unpaired) electrons. The summed E-state index contributed by atoms with van der Waals surface area (Å²) in [5.74, 6) is -0.102. The zero-order valence-corrected chi connectivity index (χ0v) is 19.1. The lowest BCUT2D eigenvalue weighted by atomic mass is 9.85. The maximum atomic E-state index is 15.7. The van der Waals surface area contributed by atoms with Crippen LogP contribution < -0.4 is 11.4 Å². The van der Waals surface area contributed by atoms with E-state index in [2.05, 4.69) is 18.1 Å². The van der Waals surface area contributed by atoms with Gasteiger partial charge in [-0.1, -0.05) is 5.92 Å². The van der Waals surface area contributed by atoms with Gasteiger partial charge in [-0.05, 0) is 13.0 Å². The van der Waals surface area contributed by atoms with Crippen molar-refractivity contribution in [1.29, 1.82) is 0 Å². The largest absolute Gasteiger partial charge is 0.490 e. The molecule has 1 aromatic heterocycles. The summed E-state index contributed by atoms with van der Waals surface area (Å²) < 4.78 is 67.7. The quantitative estimate of drug-likeness (QED) is 0.170. The van der Waals surface area contributed by atoms with Crippen LogP contribution in [0.15, 0.2) is 17.1 Å². The van der Waals surface area contributed by atoms with Gasteiger partial charge in [0, 0.05) is 6.20 Å². The summed E-state index contributed by atoms with van der Waals surface area (Å²) in [4.78, 5) is 51.5. The zero-order chi connectivity index (χ0) is 25.4. The van der Waals surface area contributed by atoms with E-state index in [-0.39, 0.29) is 5.82 Å². The Kier molecular flexibility index (Phi) is 8.10. The number of halogens is 1. The van der Waals surface area contributed by atoms with E-state index in [1.807, 2.05) is 0 Å². The topological polar surface area (TPSA) is 250 Å². The molecule has 4 unspecified atom stereocenters. The van der Waals surface area contributed by atoms with Gasteiger partial charge < -0.3 is 35.2 Å². The van der Waals surface area contributed by atoms with Crippen LogP contribution in [-0.2, 0) is 31.6 Å². The first kappa shape index (κ1) is 27.7. The summed E-state index contributed by atoms with van der Waals surface area (Å²) in [6, 6.07) is 1.12. The molecule has 16 nitrogen and oxygen atoms in total. The van der Waals surface area contributed by atoms with Crippen LogP contribution in [0.5, 0.6) is 0 Å². The van der Waals surface area contributed by atoms with Gasteiger partial charge in [0.2, 0.25) is 5.67 Å². The molecule has 1 saturated heterocycles. The Labute approximate surface area is 184 Å². The van der Waals surface area contributed by atoms with Gasteiger partial charge in [0.25, 0.3) is 0 Å². The van der Waals surface area contributed by atoms with Crippen LogP contribution in [0, 0.1) is 18.3 Å². The molecule has 1 fully saturated rings. The second-order valence-corrected chi connectivity index (χ2v) is 11.0. The number of nitrogen functional groups attached to an aromatic ring is 1. The standard InChI is InChI=1S/C13H19FN3O13P3/c1-3-13(14)8(6-18)10(27-11(13)17-5-4-9(15)16-12(17)19)7(2)28-32(23,24)30-33(25,26)29-31(20,21)22/h1,4-5,7-8,10-11,18H,6H2,2H3,(H,23,24)(H,25,26)(H2,15,16,19)(H2,20,21,22)/t7-,8?,10-,11-,13?/m1/s1. The summed E-state index contributed by atoms with van der Waals surface area (Å²) in [6.07, 6.45) is 0.986. The van der Waals surface area contributed by atoms with Crippen molar-refractivity contribution in [3.05, 3.63) is 22.7 Å². The maximum Gasteiger partial charge on any atom is 0.490 e. The third-order valence-electron chi connectivity index (χ3n) is 4.28. The number of anilines is 1. The fraction of sp³-hybridized carbons (Fsp3) is 0.538. The number of nitrogens with zero attached hydrogens (tertiary/aromatic N) is 2. The highest BCUT2D eigenvalue weighted by molar-refractivity contribution is 7.66. The number of nitrogens with two attached hydrogens (primary N) is 1. The third-order valence-corrected chi connectivity index (χ3v) is 8.21. The van der Waals surface area contributed by atoms with Crippen molar-refractivity contribution in [3.63, 3.8) is 0 Å². The van der Waals surface area contributed by atoms with Gasteiger partial charge >= 0.3 is 29.2 Å². The van der Waals surface area contributed by atoms with Crippen molar-refractivity contribution in [2.75, 3.05) is 12.3 Å². The summed E-state index contributed by atoms with van der Waals surface area (Å²) in [6.45, 7) is -0.0157. The number of rotatable bonds is 9. The van der Waals surface area contributed by atoms with E-state index in [9.17, 15) is 33.4 Å². The molecule has 20 heteroatoms. The molecule has 2 heterocycles. The van der Waals surface area contributed by atoms with E-state index in [4.69, 9.17) is 26.7 Å². The lowest BCUT2D eigenvalue weighted by molar-refractivity contribution is -0.0743. The van der Waals surface area contributed by atoms with Gasteiger partial charge in [0.15, 0.2) is 6.23 Å². The molecule has 0 saturated carbocycles. The van der Waals surface area contributed by atoms with Crippen molar-refractivity contribution in [1.82, 2.24) is 9.55 Å². The highest BCUT2D eigenvalue weighted by Gasteiger charge is 2.60. The smallest absolute Gasteiger partial charge is 0.396 e. The number of phosphoric acid groups is 3. The summed E-state index contributed by atoms with van der Waals surface area (Å²) in [5.41, 5.74) is 1.42. The number of terminal acetylenes is 1. The van der Waals surface area contributed by atoms with Crippen LogP contribution in [0.4, 0.5) is 10.2 Å². The molecule has 1 aliphatic heterocycles. The highest BCUT2D eigenvalue weighted by atomic mass is 31.3. The monoisotopic (exact) mass is 537 g/mol. The van der Waals surface area contributed by atoms with Gasteiger partial charge in [0.05, 0.1) is 24.7 Å². The van der Waals surface area contributed by atoms with Gasteiger partial charge in [-0.25, -0.2) is 22.9 Å². The van der Waals surface area contributed by atoms with Crippen LogP contribution in [0.1, 0.15) is 13.2 Å². The Bertz CT molecular complexity index is 1130. The SMILES string of the molecule is C#CC1(F)C(CO)[C@@H]([C@@H](C)OP(=O)(O)OP(=O)(O)OP(=O)(O)O)O[C@H]1n1ccc(N)nc1=O. The number of hydrogen-bond donors (Lipinski definition) is 6. The molecule has 7 atom stereocenters. The Morgan fingerprint density at radius 2 is 1.94 bits per heavy atom. The van der Waals surface area contributed by atoms with E-state index >= 15 is 4.39 Å². The van der Waals surface area contributed by atoms with Crippen molar-refractivity contribution >= 4 is 29.3 Å². The zero-order valence-electron chi connectivity index (χ0n) is 16.4. The Morgan fingerprint density at radius 3 is 2.42 bits per heavy atom. The highest BCUT2D eigenvalue weighted by Crippen LogP contribution is 2.67. The first-order valence-corrected chi connectivity index (χ1v) is 13.1. The minimum Gasteiger partial charge on any atom is -0.396 e. The molecule has 0 spiro atoms. The second-order valence-electron chi connectivity index (χ2n) is 6.60. The summed E-state index contributed by atoms with van der Waals surface area (Å²) >= 11 is 0. The fourth-order valence-electron chi connectivity index (χ4n) is 3.06. The molecule has 0 bridgehead atoms. The van der Waals surface area contributed by atoms with Crippen LogP contribution in [0.2, 0.25) is 0 Å². The van der Waals surface area contributed by atoms with Crippen LogP contribution in [0.3, 0.4) is 0 Å². The van der Waals surface area contributed by atoms with Crippen molar-refractivity contribution in [2.24, 2.45) is 5.92 Å². The number of ether oxygens (including phenoxy) is 1. The van der Waals surface area contributed by atoms with Crippen LogP contribution >= 0.6 is 23.5 Å². The molecule has 186 valence electrons. The number of aliphatic hydroxyl groups excluding tert-OH is 1. The van der Waals surface area contributed by atoms with Crippen LogP contribution in [-0.4, -0.2) is 58.7 Å². The normalized spacial score (nSPS) is 30.2. The van der Waals surface area contributed by atoms with E-state index in [1.54, 1.807) is 5.92 Å². The van der Waals surface area contributed by atoms with E-state index in [0.717, 1.165) is 19.2 Å². The first-order chi connectivity index (χ1) is 14.9.